The van der Waals surface area contributed by atoms with Crippen LogP contribution in [-0.4, -0.2) is 35.8 Å². The third-order valence-electron chi connectivity index (χ3n) is 4.67. The van der Waals surface area contributed by atoms with Crippen LogP contribution in [0, 0.1) is 5.92 Å². The van der Waals surface area contributed by atoms with Crippen LogP contribution in [0.3, 0.4) is 0 Å². The number of hydrogen-bond acceptors (Lipinski definition) is 3. The number of halogens is 1. The van der Waals surface area contributed by atoms with Gasteiger partial charge < -0.3 is 16.0 Å². The lowest BCUT2D eigenvalue weighted by Crippen LogP contribution is -2.54. The van der Waals surface area contributed by atoms with E-state index < -0.39 is 6.04 Å². The summed E-state index contributed by atoms with van der Waals surface area (Å²) in [5, 5.41) is 2.87. The third-order valence-corrected chi connectivity index (χ3v) is 4.67. The van der Waals surface area contributed by atoms with E-state index in [1.807, 2.05) is 30.3 Å². The number of piperazine rings is 1. The molecule has 1 aromatic rings. The summed E-state index contributed by atoms with van der Waals surface area (Å²) in [6, 6.07) is 9.12. The minimum atomic E-state index is -0.513. The Morgan fingerprint density at radius 1 is 1.22 bits per heavy atom. The highest BCUT2D eigenvalue weighted by Crippen LogP contribution is 2.30. The number of benzene rings is 1. The highest BCUT2D eigenvalue weighted by molar-refractivity contribution is 5.90. The van der Waals surface area contributed by atoms with Crippen LogP contribution in [0.5, 0.6) is 0 Å². The van der Waals surface area contributed by atoms with Crippen molar-refractivity contribution < 1.29 is 9.59 Å². The molecule has 6 heteroatoms. The van der Waals surface area contributed by atoms with Crippen molar-refractivity contribution in [1.29, 1.82) is 0 Å². The van der Waals surface area contributed by atoms with Crippen LogP contribution in [0.4, 0.5) is 0 Å². The maximum absolute atomic E-state index is 12.9. The normalized spacial score (nSPS) is 27.8. The van der Waals surface area contributed by atoms with E-state index in [2.05, 4.69) is 5.32 Å². The molecule has 0 radical (unpaired) electrons. The molecule has 5 nitrogen and oxygen atoms in total. The zero-order chi connectivity index (χ0) is 15.5. The quantitative estimate of drug-likeness (QED) is 0.861. The molecule has 0 aromatic heterocycles. The molecule has 3 rings (SSSR count). The summed E-state index contributed by atoms with van der Waals surface area (Å²) in [7, 11) is 0. The molecule has 3 unspecified atom stereocenters. The zero-order valence-electron chi connectivity index (χ0n) is 13.1. The summed E-state index contributed by atoms with van der Waals surface area (Å²) in [4.78, 5) is 27.0. The number of carbonyl (C=O) groups is 2. The number of rotatable bonds is 2. The topological polar surface area (TPSA) is 75.4 Å². The summed E-state index contributed by atoms with van der Waals surface area (Å²) in [6.45, 7) is 1.09. The minimum Gasteiger partial charge on any atom is -0.352 e. The summed E-state index contributed by atoms with van der Waals surface area (Å²) in [5.74, 6) is -0.0503. The standard InChI is InChI=1S/C17H23N3O2.ClH/c18-14-8-4-7-13(11-14)17(22)20-10-9-19-16(21)15(20)12-5-2-1-3-6-12;/h1-3,5-6,13-15H,4,7-11,18H2,(H,19,21);1H. The van der Waals surface area contributed by atoms with Gasteiger partial charge in [-0.2, -0.15) is 0 Å². The molecule has 2 aliphatic rings. The fourth-order valence-corrected chi connectivity index (χ4v) is 3.56. The third kappa shape index (κ3) is 3.85. The van der Waals surface area contributed by atoms with Crippen molar-refractivity contribution in [3.05, 3.63) is 35.9 Å². The van der Waals surface area contributed by atoms with E-state index in [0.717, 1.165) is 31.2 Å². The lowest BCUT2D eigenvalue weighted by Gasteiger charge is -2.38. The minimum absolute atomic E-state index is 0. The molecule has 1 aliphatic carbocycles. The second-order valence-electron chi connectivity index (χ2n) is 6.26. The van der Waals surface area contributed by atoms with Crippen LogP contribution in [0.2, 0.25) is 0 Å². The predicted molar refractivity (Wildman–Crippen MR) is 91.1 cm³/mol. The van der Waals surface area contributed by atoms with Crippen LogP contribution in [0.25, 0.3) is 0 Å². The van der Waals surface area contributed by atoms with E-state index >= 15 is 0 Å². The van der Waals surface area contributed by atoms with Gasteiger partial charge in [0.15, 0.2) is 0 Å². The molecule has 3 N–H and O–H groups in total. The lowest BCUT2D eigenvalue weighted by molar-refractivity contribution is -0.147. The molecule has 1 aliphatic heterocycles. The van der Waals surface area contributed by atoms with Crippen molar-refractivity contribution in [3.63, 3.8) is 0 Å². The molecule has 0 spiro atoms. The molecule has 3 atom stereocenters. The molecule has 1 saturated heterocycles. The van der Waals surface area contributed by atoms with Gasteiger partial charge in [-0.3, -0.25) is 9.59 Å². The first-order valence-electron chi connectivity index (χ1n) is 8.05. The van der Waals surface area contributed by atoms with Gasteiger partial charge >= 0.3 is 0 Å². The zero-order valence-corrected chi connectivity index (χ0v) is 13.9. The highest BCUT2D eigenvalue weighted by Gasteiger charge is 2.38. The van der Waals surface area contributed by atoms with E-state index in [1.54, 1.807) is 4.90 Å². The van der Waals surface area contributed by atoms with E-state index in [9.17, 15) is 9.59 Å². The van der Waals surface area contributed by atoms with Crippen molar-refractivity contribution in [2.75, 3.05) is 13.1 Å². The largest absolute Gasteiger partial charge is 0.352 e. The Labute approximate surface area is 143 Å². The number of nitrogens with two attached hydrogens (primary N) is 1. The summed E-state index contributed by atoms with van der Waals surface area (Å²) in [5.41, 5.74) is 6.88. The van der Waals surface area contributed by atoms with Crippen molar-refractivity contribution in [1.82, 2.24) is 10.2 Å². The Kier molecular flexibility index (Phi) is 6.02. The molecule has 0 bridgehead atoms. The smallest absolute Gasteiger partial charge is 0.247 e. The molecule has 2 amide bonds. The second-order valence-corrected chi connectivity index (χ2v) is 6.26. The average molecular weight is 338 g/mol. The SMILES string of the molecule is Cl.NC1CCCC(C(=O)N2CCNC(=O)C2c2ccccc2)C1. The van der Waals surface area contributed by atoms with E-state index in [-0.39, 0.29) is 36.2 Å². The van der Waals surface area contributed by atoms with Crippen LogP contribution in [0.1, 0.15) is 37.3 Å². The van der Waals surface area contributed by atoms with Crippen LogP contribution in [-0.2, 0) is 9.59 Å². The molecular formula is C17H24ClN3O2. The first-order valence-corrected chi connectivity index (χ1v) is 8.05. The first kappa shape index (κ1) is 17.8. The van der Waals surface area contributed by atoms with Crippen LogP contribution < -0.4 is 11.1 Å². The molecule has 126 valence electrons. The van der Waals surface area contributed by atoms with Crippen LogP contribution in [0.15, 0.2) is 30.3 Å². The van der Waals surface area contributed by atoms with Gasteiger partial charge in [0, 0.05) is 25.0 Å². The molecule has 23 heavy (non-hydrogen) atoms. The highest BCUT2D eigenvalue weighted by atomic mass is 35.5. The first-order chi connectivity index (χ1) is 10.7. The second kappa shape index (κ2) is 7.79. The monoisotopic (exact) mass is 337 g/mol. The fraction of sp³-hybridized carbons (Fsp3) is 0.529. The van der Waals surface area contributed by atoms with Gasteiger partial charge in [-0.1, -0.05) is 36.8 Å². The number of nitrogens with zero attached hydrogens (tertiary/aromatic N) is 1. The van der Waals surface area contributed by atoms with Gasteiger partial charge in [-0.05, 0) is 24.8 Å². The summed E-state index contributed by atoms with van der Waals surface area (Å²) >= 11 is 0. The van der Waals surface area contributed by atoms with Gasteiger partial charge in [0.1, 0.15) is 6.04 Å². The Morgan fingerprint density at radius 3 is 2.65 bits per heavy atom. The van der Waals surface area contributed by atoms with E-state index in [4.69, 9.17) is 5.73 Å². The van der Waals surface area contributed by atoms with Gasteiger partial charge in [-0.25, -0.2) is 0 Å². The Balaban J connectivity index is 0.00000192. The summed E-state index contributed by atoms with van der Waals surface area (Å²) < 4.78 is 0. The van der Waals surface area contributed by atoms with E-state index in [1.165, 1.54) is 0 Å². The molecule has 1 heterocycles. The van der Waals surface area contributed by atoms with Gasteiger partial charge in [0.2, 0.25) is 11.8 Å². The number of carbonyl (C=O) groups excluding carboxylic acids is 2. The number of amides is 2. The Morgan fingerprint density at radius 2 is 1.96 bits per heavy atom. The summed E-state index contributed by atoms with van der Waals surface area (Å²) in [6.07, 6.45) is 3.60. The van der Waals surface area contributed by atoms with Crippen molar-refractivity contribution in [3.8, 4) is 0 Å². The van der Waals surface area contributed by atoms with Gasteiger partial charge in [-0.15, -0.1) is 12.4 Å². The molecule has 2 fully saturated rings. The van der Waals surface area contributed by atoms with Crippen molar-refractivity contribution >= 4 is 24.2 Å². The van der Waals surface area contributed by atoms with E-state index in [0.29, 0.717) is 13.1 Å². The molecule has 1 aromatic carbocycles. The Bertz CT molecular complexity index is 552. The molecule has 1 saturated carbocycles. The van der Waals surface area contributed by atoms with Crippen LogP contribution >= 0.6 is 12.4 Å². The average Bonchev–Trinajstić information content (AvgIpc) is 2.55. The number of nitrogens with one attached hydrogen (secondary N) is 1. The number of hydrogen-bond donors (Lipinski definition) is 2. The van der Waals surface area contributed by atoms with Crippen molar-refractivity contribution in [2.45, 2.75) is 37.8 Å². The van der Waals surface area contributed by atoms with Gasteiger partial charge in [0.25, 0.3) is 0 Å². The lowest BCUT2D eigenvalue weighted by atomic mass is 9.84. The van der Waals surface area contributed by atoms with Gasteiger partial charge in [0.05, 0.1) is 0 Å². The molecular weight excluding hydrogens is 314 g/mol. The Hall–Kier alpha value is -1.59. The predicted octanol–water partition coefficient (Wildman–Crippen LogP) is 1.63. The maximum Gasteiger partial charge on any atom is 0.247 e. The van der Waals surface area contributed by atoms with Crippen molar-refractivity contribution in [2.24, 2.45) is 11.7 Å². The maximum atomic E-state index is 12.9. The fourth-order valence-electron chi connectivity index (χ4n) is 3.56.